The Morgan fingerprint density at radius 2 is 2.00 bits per heavy atom. The molecule has 124 valence electrons. The first-order valence-electron chi connectivity index (χ1n) is 10.0. The van der Waals surface area contributed by atoms with Gasteiger partial charge in [-0.1, -0.05) is 31.9 Å². The second-order valence-electron chi connectivity index (χ2n) is 9.07. The van der Waals surface area contributed by atoms with E-state index in [-0.39, 0.29) is 11.0 Å². The predicted octanol–water partition coefficient (Wildman–Crippen LogP) is 5.48. The lowest BCUT2D eigenvalue weighted by atomic mass is 9.50. The lowest BCUT2D eigenvalue weighted by molar-refractivity contribution is -0.121. The van der Waals surface area contributed by atoms with Crippen molar-refractivity contribution < 1.29 is 5.11 Å². The standard InChI is InChI=1S/C21H34O/c1-3-12-21(22)14-11-19-18-9-8-15-6-4-5-7-16(15)17(18)10-13-20(19,21)2/h6,16-19,22H,3-5,7-14H2,1-2H3/t16-,17-,18+,19+,20-,21-/m0/s1. The summed E-state index contributed by atoms with van der Waals surface area (Å²) in [7, 11) is 0. The third-order valence-corrected chi connectivity index (χ3v) is 8.36. The van der Waals surface area contributed by atoms with Crippen molar-refractivity contribution in [1.29, 1.82) is 0 Å². The molecular weight excluding hydrogens is 268 g/mol. The molecule has 1 N–H and O–H groups in total. The summed E-state index contributed by atoms with van der Waals surface area (Å²) in [6, 6.07) is 0. The highest BCUT2D eigenvalue weighted by atomic mass is 16.3. The van der Waals surface area contributed by atoms with Gasteiger partial charge in [-0.15, -0.1) is 0 Å². The first kappa shape index (κ1) is 15.2. The Kier molecular flexibility index (Phi) is 3.72. The van der Waals surface area contributed by atoms with Crippen LogP contribution < -0.4 is 0 Å². The van der Waals surface area contributed by atoms with Crippen LogP contribution in [0.25, 0.3) is 0 Å². The van der Waals surface area contributed by atoms with Crippen LogP contribution in [0.4, 0.5) is 0 Å². The Labute approximate surface area is 136 Å². The average molecular weight is 303 g/mol. The SMILES string of the molecule is CCC[C@]1(O)CC[C@@H]2[C@@H]3CCC4=CCCC[C@@H]4[C@@H]3CC[C@@]21C. The zero-order valence-corrected chi connectivity index (χ0v) is 14.6. The second-order valence-corrected chi connectivity index (χ2v) is 9.07. The average Bonchev–Trinajstić information content (AvgIpc) is 2.79. The number of fused-ring (bicyclic) bond motifs is 5. The summed E-state index contributed by atoms with van der Waals surface area (Å²) in [5.41, 5.74) is 1.66. The van der Waals surface area contributed by atoms with Crippen LogP contribution >= 0.6 is 0 Å². The van der Waals surface area contributed by atoms with E-state index in [0.29, 0.717) is 0 Å². The van der Waals surface area contributed by atoms with Crippen molar-refractivity contribution >= 4 is 0 Å². The smallest absolute Gasteiger partial charge is 0.0703 e. The number of aliphatic hydroxyl groups is 1. The summed E-state index contributed by atoms with van der Waals surface area (Å²) in [6.07, 6.45) is 16.7. The molecule has 1 nitrogen and oxygen atoms in total. The van der Waals surface area contributed by atoms with E-state index >= 15 is 0 Å². The monoisotopic (exact) mass is 302 g/mol. The summed E-state index contributed by atoms with van der Waals surface area (Å²) in [4.78, 5) is 0. The van der Waals surface area contributed by atoms with Crippen molar-refractivity contribution in [3.63, 3.8) is 0 Å². The Morgan fingerprint density at radius 3 is 2.82 bits per heavy atom. The van der Waals surface area contributed by atoms with Gasteiger partial charge in [0.05, 0.1) is 5.60 Å². The topological polar surface area (TPSA) is 20.2 Å². The van der Waals surface area contributed by atoms with Gasteiger partial charge in [0, 0.05) is 0 Å². The lowest BCUT2D eigenvalue weighted by Crippen LogP contribution is -2.52. The lowest BCUT2D eigenvalue weighted by Gasteiger charge is -2.56. The minimum Gasteiger partial charge on any atom is -0.389 e. The molecular formula is C21H34O. The zero-order valence-electron chi connectivity index (χ0n) is 14.6. The predicted molar refractivity (Wildman–Crippen MR) is 91.6 cm³/mol. The van der Waals surface area contributed by atoms with E-state index < -0.39 is 0 Å². The van der Waals surface area contributed by atoms with Crippen LogP contribution in [0.15, 0.2) is 11.6 Å². The van der Waals surface area contributed by atoms with Gasteiger partial charge in [0.25, 0.3) is 0 Å². The zero-order chi connectivity index (χ0) is 15.4. The molecule has 3 fully saturated rings. The maximum atomic E-state index is 11.4. The van der Waals surface area contributed by atoms with E-state index in [1.54, 1.807) is 0 Å². The van der Waals surface area contributed by atoms with Crippen LogP contribution in [0.2, 0.25) is 0 Å². The molecule has 0 aromatic carbocycles. The van der Waals surface area contributed by atoms with Gasteiger partial charge < -0.3 is 5.11 Å². The minimum absolute atomic E-state index is 0.208. The van der Waals surface area contributed by atoms with Crippen LogP contribution in [0.5, 0.6) is 0 Å². The van der Waals surface area contributed by atoms with Crippen molar-refractivity contribution in [2.24, 2.45) is 29.1 Å². The second kappa shape index (κ2) is 5.36. The quantitative estimate of drug-likeness (QED) is 0.670. The minimum atomic E-state index is -0.361. The first-order valence-corrected chi connectivity index (χ1v) is 10.0. The molecule has 4 aliphatic rings. The summed E-state index contributed by atoms with van der Waals surface area (Å²) < 4.78 is 0. The fourth-order valence-corrected chi connectivity index (χ4v) is 7.24. The molecule has 0 radical (unpaired) electrons. The van der Waals surface area contributed by atoms with Crippen molar-refractivity contribution in [1.82, 2.24) is 0 Å². The summed E-state index contributed by atoms with van der Waals surface area (Å²) in [6.45, 7) is 4.68. The van der Waals surface area contributed by atoms with Gasteiger partial charge in [-0.05, 0) is 93.3 Å². The van der Waals surface area contributed by atoms with Gasteiger partial charge in [-0.2, -0.15) is 0 Å². The van der Waals surface area contributed by atoms with E-state index in [1.807, 2.05) is 5.57 Å². The maximum absolute atomic E-state index is 11.4. The van der Waals surface area contributed by atoms with Gasteiger partial charge >= 0.3 is 0 Å². The molecule has 0 aliphatic heterocycles. The first-order chi connectivity index (χ1) is 10.6. The third-order valence-electron chi connectivity index (χ3n) is 8.36. The van der Waals surface area contributed by atoms with E-state index in [0.717, 1.165) is 42.9 Å². The normalized spacial score (nSPS) is 50.8. The van der Waals surface area contributed by atoms with Crippen LogP contribution in [-0.2, 0) is 0 Å². The summed E-state index contributed by atoms with van der Waals surface area (Å²) >= 11 is 0. The van der Waals surface area contributed by atoms with Gasteiger partial charge in [0.15, 0.2) is 0 Å². The number of hydrogen-bond acceptors (Lipinski definition) is 1. The van der Waals surface area contributed by atoms with E-state index in [2.05, 4.69) is 19.9 Å². The maximum Gasteiger partial charge on any atom is 0.0703 e. The molecule has 0 heterocycles. The highest BCUT2D eigenvalue weighted by Gasteiger charge is 2.61. The molecule has 0 saturated heterocycles. The number of hydrogen-bond donors (Lipinski definition) is 1. The highest BCUT2D eigenvalue weighted by Crippen LogP contribution is 2.65. The summed E-state index contributed by atoms with van der Waals surface area (Å²) in [5, 5.41) is 11.4. The van der Waals surface area contributed by atoms with Crippen LogP contribution in [-0.4, -0.2) is 10.7 Å². The molecule has 22 heavy (non-hydrogen) atoms. The molecule has 0 amide bonds. The molecule has 0 spiro atoms. The molecule has 4 rings (SSSR count). The van der Waals surface area contributed by atoms with E-state index in [1.165, 1.54) is 51.4 Å². The molecule has 6 atom stereocenters. The Bertz CT molecular complexity index is 467. The molecule has 0 aromatic heterocycles. The molecule has 3 saturated carbocycles. The van der Waals surface area contributed by atoms with Crippen molar-refractivity contribution in [3.8, 4) is 0 Å². The molecule has 0 bridgehead atoms. The number of rotatable bonds is 2. The van der Waals surface area contributed by atoms with E-state index in [4.69, 9.17) is 0 Å². The van der Waals surface area contributed by atoms with Gasteiger partial charge in [-0.3, -0.25) is 0 Å². The molecule has 0 unspecified atom stereocenters. The molecule has 1 heteroatoms. The van der Waals surface area contributed by atoms with Crippen molar-refractivity contribution in [3.05, 3.63) is 11.6 Å². The highest BCUT2D eigenvalue weighted by molar-refractivity contribution is 5.19. The van der Waals surface area contributed by atoms with Crippen molar-refractivity contribution in [2.45, 2.75) is 90.1 Å². The Hall–Kier alpha value is -0.300. The van der Waals surface area contributed by atoms with Crippen LogP contribution in [0.3, 0.4) is 0 Å². The fourth-order valence-electron chi connectivity index (χ4n) is 7.24. The van der Waals surface area contributed by atoms with Gasteiger partial charge in [-0.25, -0.2) is 0 Å². The summed E-state index contributed by atoms with van der Waals surface area (Å²) in [5.74, 6) is 3.57. The van der Waals surface area contributed by atoms with Crippen LogP contribution in [0.1, 0.15) is 84.5 Å². The third kappa shape index (κ3) is 2.00. The van der Waals surface area contributed by atoms with E-state index in [9.17, 15) is 5.11 Å². The van der Waals surface area contributed by atoms with Crippen LogP contribution in [0, 0.1) is 29.1 Å². The molecule has 0 aromatic rings. The Balaban J connectivity index is 1.61. The van der Waals surface area contributed by atoms with Gasteiger partial charge in [0.1, 0.15) is 0 Å². The number of allylic oxidation sites excluding steroid dienone is 2. The Morgan fingerprint density at radius 1 is 1.14 bits per heavy atom. The molecule has 4 aliphatic carbocycles. The fraction of sp³-hybridized carbons (Fsp3) is 0.905. The largest absolute Gasteiger partial charge is 0.389 e. The van der Waals surface area contributed by atoms with Crippen molar-refractivity contribution in [2.75, 3.05) is 0 Å². The van der Waals surface area contributed by atoms with Gasteiger partial charge in [0.2, 0.25) is 0 Å².